The lowest BCUT2D eigenvalue weighted by Gasteiger charge is -2.18. The summed E-state index contributed by atoms with van der Waals surface area (Å²) < 4.78 is 31.9. The average Bonchev–Trinajstić information content (AvgIpc) is 2.74. The Hall–Kier alpha value is -2.91. The van der Waals surface area contributed by atoms with Crippen LogP contribution in [0.4, 0.5) is 0 Å². The van der Waals surface area contributed by atoms with Gasteiger partial charge in [-0.15, -0.1) is 0 Å². The quantitative estimate of drug-likeness (QED) is 0.590. The first kappa shape index (κ1) is 23.4. The molecule has 0 spiro atoms. The van der Waals surface area contributed by atoms with Crippen molar-refractivity contribution in [2.24, 2.45) is 0 Å². The highest BCUT2D eigenvalue weighted by molar-refractivity contribution is 7.89. The largest absolute Gasteiger partial charge is 0.494 e. The van der Waals surface area contributed by atoms with Crippen molar-refractivity contribution in [3.8, 4) is 5.75 Å². The third kappa shape index (κ3) is 6.04. The van der Waals surface area contributed by atoms with Crippen LogP contribution in [0.2, 0.25) is 0 Å². The van der Waals surface area contributed by atoms with Crippen molar-refractivity contribution in [2.45, 2.75) is 32.1 Å². The molecule has 0 saturated heterocycles. The molecule has 0 aromatic heterocycles. The Labute approximate surface area is 177 Å². The molecule has 0 saturated carbocycles. The number of hydrazine groups is 1. The molecule has 0 fully saturated rings. The van der Waals surface area contributed by atoms with Crippen LogP contribution in [0, 0.1) is 0 Å². The highest BCUT2D eigenvalue weighted by atomic mass is 32.2. The molecule has 0 radical (unpaired) electrons. The third-order valence-electron chi connectivity index (χ3n) is 4.35. The van der Waals surface area contributed by atoms with Gasteiger partial charge in [-0.05, 0) is 42.8 Å². The van der Waals surface area contributed by atoms with Crippen molar-refractivity contribution < 1.29 is 22.7 Å². The monoisotopic (exact) mass is 433 g/mol. The predicted molar refractivity (Wildman–Crippen MR) is 113 cm³/mol. The number of nitrogens with zero attached hydrogens (tertiary/aromatic N) is 1. The molecule has 0 aliphatic rings. The number of hydrogen-bond acceptors (Lipinski definition) is 5. The van der Waals surface area contributed by atoms with E-state index in [1.54, 1.807) is 38.1 Å². The Morgan fingerprint density at radius 3 is 2.23 bits per heavy atom. The van der Waals surface area contributed by atoms with Gasteiger partial charge in [0.15, 0.2) is 0 Å². The Bertz CT molecular complexity index is 970. The zero-order valence-electron chi connectivity index (χ0n) is 17.3. The molecule has 0 atom stereocenters. The van der Waals surface area contributed by atoms with Crippen LogP contribution in [0.3, 0.4) is 0 Å². The van der Waals surface area contributed by atoms with E-state index >= 15 is 0 Å². The summed E-state index contributed by atoms with van der Waals surface area (Å²) in [5, 5.41) is 0. The summed E-state index contributed by atoms with van der Waals surface area (Å²) in [4.78, 5) is 24.5. The number of amides is 2. The highest BCUT2D eigenvalue weighted by Gasteiger charge is 2.22. The molecular weight excluding hydrogens is 406 g/mol. The molecule has 0 bridgehead atoms. The van der Waals surface area contributed by atoms with Gasteiger partial charge in [0, 0.05) is 18.7 Å². The average molecular weight is 434 g/mol. The standard InChI is InChI=1S/C21H27N3O5S/c1-4-24(5-2)30(27,28)19-9-7-8-17(15-19)21(26)23-22-20(25)14-16-10-12-18(13-11-16)29-6-3/h7-13,15H,4-6,14H2,1-3H3,(H,22,25)(H,23,26). The molecule has 8 nitrogen and oxygen atoms in total. The number of rotatable bonds is 9. The Morgan fingerprint density at radius 1 is 0.967 bits per heavy atom. The molecule has 0 heterocycles. The Kier molecular flexibility index (Phi) is 8.37. The minimum atomic E-state index is -3.68. The molecule has 0 aliphatic heterocycles. The maximum atomic E-state index is 12.6. The van der Waals surface area contributed by atoms with Crippen molar-refractivity contribution in [1.29, 1.82) is 0 Å². The van der Waals surface area contributed by atoms with Gasteiger partial charge < -0.3 is 4.74 Å². The summed E-state index contributed by atoms with van der Waals surface area (Å²) in [6.45, 7) is 6.60. The number of benzene rings is 2. The first-order chi connectivity index (χ1) is 14.3. The molecule has 2 aromatic rings. The van der Waals surface area contributed by atoms with Crippen LogP contribution >= 0.6 is 0 Å². The van der Waals surface area contributed by atoms with Crippen LogP contribution in [0.25, 0.3) is 0 Å². The van der Waals surface area contributed by atoms with Crippen molar-refractivity contribution in [2.75, 3.05) is 19.7 Å². The molecule has 2 rings (SSSR count). The van der Waals surface area contributed by atoms with E-state index in [2.05, 4.69) is 10.9 Å². The van der Waals surface area contributed by atoms with Crippen molar-refractivity contribution in [1.82, 2.24) is 15.2 Å². The normalized spacial score (nSPS) is 11.2. The first-order valence-electron chi connectivity index (χ1n) is 9.72. The smallest absolute Gasteiger partial charge is 0.269 e. The van der Waals surface area contributed by atoms with Crippen molar-refractivity contribution >= 4 is 21.8 Å². The van der Waals surface area contributed by atoms with E-state index in [-0.39, 0.29) is 16.9 Å². The van der Waals surface area contributed by atoms with Gasteiger partial charge in [0.2, 0.25) is 15.9 Å². The molecule has 0 unspecified atom stereocenters. The number of nitrogens with one attached hydrogen (secondary N) is 2. The molecule has 2 amide bonds. The van der Waals surface area contributed by atoms with Crippen molar-refractivity contribution in [3.63, 3.8) is 0 Å². The maximum Gasteiger partial charge on any atom is 0.269 e. The zero-order valence-corrected chi connectivity index (χ0v) is 18.2. The van der Waals surface area contributed by atoms with E-state index in [0.29, 0.717) is 19.7 Å². The number of ether oxygens (including phenoxy) is 1. The van der Waals surface area contributed by atoms with Gasteiger partial charge in [0.25, 0.3) is 5.91 Å². The number of carbonyl (C=O) groups excluding carboxylic acids is 2. The summed E-state index contributed by atoms with van der Waals surface area (Å²) >= 11 is 0. The van der Waals surface area contributed by atoms with Crippen molar-refractivity contribution in [3.05, 3.63) is 59.7 Å². The minimum Gasteiger partial charge on any atom is -0.494 e. The topological polar surface area (TPSA) is 105 Å². The fraction of sp³-hybridized carbons (Fsp3) is 0.333. The van der Waals surface area contributed by atoms with E-state index in [1.807, 2.05) is 6.92 Å². The summed E-state index contributed by atoms with van der Waals surface area (Å²) in [6, 6.07) is 12.8. The summed E-state index contributed by atoms with van der Waals surface area (Å²) in [7, 11) is -3.68. The van der Waals surface area contributed by atoms with Gasteiger partial charge in [0.05, 0.1) is 17.9 Å². The van der Waals surface area contributed by atoms with Gasteiger partial charge in [-0.3, -0.25) is 20.4 Å². The minimum absolute atomic E-state index is 0.0274. The highest BCUT2D eigenvalue weighted by Crippen LogP contribution is 2.17. The van der Waals surface area contributed by atoms with E-state index in [9.17, 15) is 18.0 Å². The fourth-order valence-corrected chi connectivity index (χ4v) is 4.31. The maximum absolute atomic E-state index is 12.6. The second-order valence-electron chi connectivity index (χ2n) is 6.37. The van der Waals surface area contributed by atoms with E-state index in [1.165, 1.54) is 28.6 Å². The molecular formula is C21H27N3O5S. The van der Waals surface area contributed by atoms with Gasteiger partial charge in [-0.2, -0.15) is 4.31 Å². The Balaban J connectivity index is 1.98. The van der Waals surface area contributed by atoms with Crippen LogP contribution < -0.4 is 15.6 Å². The summed E-state index contributed by atoms with van der Waals surface area (Å²) in [5.41, 5.74) is 5.55. The molecule has 30 heavy (non-hydrogen) atoms. The van der Waals surface area contributed by atoms with Gasteiger partial charge >= 0.3 is 0 Å². The first-order valence-corrected chi connectivity index (χ1v) is 11.2. The van der Waals surface area contributed by atoms with Crippen LogP contribution in [0.1, 0.15) is 36.7 Å². The predicted octanol–water partition coefficient (Wildman–Crippen LogP) is 2.12. The number of sulfonamides is 1. The lowest BCUT2D eigenvalue weighted by Crippen LogP contribution is -2.42. The SMILES string of the molecule is CCOc1ccc(CC(=O)NNC(=O)c2cccc(S(=O)(=O)N(CC)CC)c2)cc1. The van der Waals surface area contributed by atoms with Crippen LogP contribution in [0.15, 0.2) is 53.4 Å². The lowest BCUT2D eigenvalue weighted by molar-refractivity contribution is -0.121. The van der Waals surface area contributed by atoms with Gasteiger partial charge in [0.1, 0.15) is 5.75 Å². The van der Waals surface area contributed by atoms with Gasteiger partial charge in [-0.1, -0.05) is 32.0 Å². The van der Waals surface area contributed by atoms with Gasteiger partial charge in [-0.25, -0.2) is 8.42 Å². The van der Waals surface area contributed by atoms with Crippen LogP contribution in [-0.2, 0) is 21.2 Å². The third-order valence-corrected chi connectivity index (χ3v) is 6.40. The molecule has 0 aliphatic carbocycles. The van der Waals surface area contributed by atoms with E-state index in [4.69, 9.17) is 4.74 Å². The number of hydrogen-bond donors (Lipinski definition) is 2. The van der Waals surface area contributed by atoms with E-state index in [0.717, 1.165) is 11.3 Å². The number of carbonyl (C=O) groups is 2. The second-order valence-corrected chi connectivity index (χ2v) is 8.31. The lowest BCUT2D eigenvalue weighted by atomic mass is 10.1. The molecule has 2 N–H and O–H groups in total. The van der Waals surface area contributed by atoms with Crippen LogP contribution in [0.5, 0.6) is 5.75 Å². The molecule has 9 heteroatoms. The van der Waals surface area contributed by atoms with Crippen LogP contribution in [-0.4, -0.2) is 44.2 Å². The summed E-state index contributed by atoms with van der Waals surface area (Å²) in [5.74, 6) is -0.291. The second kappa shape index (κ2) is 10.7. The Morgan fingerprint density at radius 2 is 1.63 bits per heavy atom. The molecule has 2 aromatic carbocycles. The fourth-order valence-electron chi connectivity index (χ4n) is 2.81. The summed E-state index contributed by atoms with van der Waals surface area (Å²) in [6.07, 6.45) is 0.0725. The zero-order chi connectivity index (χ0) is 22.1. The van der Waals surface area contributed by atoms with E-state index < -0.39 is 21.8 Å². The molecule has 162 valence electrons.